The normalized spacial score (nSPS) is 27.8. The summed E-state index contributed by atoms with van der Waals surface area (Å²) in [6, 6.07) is 5.58. The van der Waals surface area contributed by atoms with Crippen LogP contribution < -0.4 is 10.9 Å². The third-order valence-electron chi connectivity index (χ3n) is 5.30. The van der Waals surface area contributed by atoms with Crippen LogP contribution in [0.3, 0.4) is 0 Å². The number of likely N-dealkylation sites (tertiary alicyclic amines) is 1. The van der Waals surface area contributed by atoms with E-state index in [2.05, 4.69) is 20.8 Å². The summed E-state index contributed by atoms with van der Waals surface area (Å²) in [5.74, 6) is -1.99. The number of aromatic amines is 1. The number of nitrogens with one attached hydrogen (secondary N) is 3. The van der Waals surface area contributed by atoms with Crippen LogP contribution in [0.1, 0.15) is 29.8 Å². The molecule has 3 heterocycles. The minimum Gasteiger partial charge on any atom is -0.481 e. The van der Waals surface area contributed by atoms with E-state index in [-0.39, 0.29) is 36.8 Å². The number of carboxylic acids is 1. The van der Waals surface area contributed by atoms with Gasteiger partial charge >= 0.3 is 5.97 Å². The van der Waals surface area contributed by atoms with Crippen LogP contribution in [0.2, 0.25) is 0 Å². The molecule has 1 aromatic heterocycles. The highest BCUT2D eigenvalue weighted by Gasteiger charge is 2.44. The third kappa shape index (κ3) is 3.31. The summed E-state index contributed by atoms with van der Waals surface area (Å²) in [4.78, 5) is 33.2. The fourth-order valence-electron chi connectivity index (χ4n) is 3.89. The van der Waals surface area contributed by atoms with E-state index in [1.165, 1.54) is 6.07 Å². The van der Waals surface area contributed by atoms with Crippen molar-refractivity contribution in [3.8, 4) is 0 Å². The molecule has 2 aliphatic rings. The van der Waals surface area contributed by atoms with E-state index in [9.17, 15) is 19.1 Å². The van der Waals surface area contributed by atoms with Crippen molar-refractivity contribution in [3.63, 3.8) is 0 Å². The molecule has 142 valence electrons. The second-order valence-electron chi connectivity index (χ2n) is 6.92. The van der Waals surface area contributed by atoms with Gasteiger partial charge in [-0.25, -0.2) is 20.2 Å². The molecular formula is C18H20FN5O3. The molecule has 4 atom stereocenters. The van der Waals surface area contributed by atoms with E-state index < -0.39 is 17.9 Å². The third-order valence-corrected chi connectivity index (χ3v) is 5.30. The van der Waals surface area contributed by atoms with Gasteiger partial charge in [0.15, 0.2) is 0 Å². The molecule has 2 aliphatic heterocycles. The molecule has 2 fully saturated rings. The van der Waals surface area contributed by atoms with Crippen LogP contribution in [0, 0.1) is 11.7 Å². The Bertz CT molecular complexity index is 843. The molecule has 0 spiro atoms. The van der Waals surface area contributed by atoms with Gasteiger partial charge < -0.3 is 15.0 Å². The number of carboxylic acid groups (broad SMARTS) is 1. The molecule has 27 heavy (non-hydrogen) atoms. The van der Waals surface area contributed by atoms with Crippen molar-refractivity contribution < 1.29 is 19.1 Å². The lowest BCUT2D eigenvalue weighted by molar-refractivity contribution is -0.142. The molecule has 2 saturated heterocycles. The summed E-state index contributed by atoms with van der Waals surface area (Å²) in [7, 11) is 0. The summed E-state index contributed by atoms with van der Waals surface area (Å²) >= 11 is 0. The lowest BCUT2D eigenvalue weighted by Gasteiger charge is -2.20. The van der Waals surface area contributed by atoms with Gasteiger partial charge in [0.25, 0.3) is 0 Å². The Kier molecular flexibility index (Phi) is 4.63. The van der Waals surface area contributed by atoms with Gasteiger partial charge in [0.05, 0.1) is 12.0 Å². The summed E-state index contributed by atoms with van der Waals surface area (Å²) < 4.78 is 14.0. The van der Waals surface area contributed by atoms with E-state index in [0.717, 1.165) is 0 Å². The van der Waals surface area contributed by atoms with Crippen molar-refractivity contribution in [2.24, 2.45) is 5.92 Å². The highest BCUT2D eigenvalue weighted by molar-refractivity contribution is 5.84. The monoisotopic (exact) mass is 373 g/mol. The molecule has 9 heteroatoms. The number of benzene rings is 1. The highest BCUT2D eigenvalue weighted by atomic mass is 19.1. The fraction of sp³-hybridized carbons (Fsp3) is 0.389. The average Bonchev–Trinajstić information content (AvgIpc) is 3.40. The Morgan fingerprint density at radius 3 is 2.74 bits per heavy atom. The predicted octanol–water partition coefficient (Wildman–Crippen LogP) is 0.783. The molecule has 0 aliphatic carbocycles. The van der Waals surface area contributed by atoms with Crippen LogP contribution in [0.5, 0.6) is 0 Å². The van der Waals surface area contributed by atoms with Crippen LogP contribution in [-0.4, -0.2) is 51.0 Å². The zero-order valence-electron chi connectivity index (χ0n) is 14.4. The van der Waals surface area contributed by atoms with Gasteiger partial charge in [0.2, 0.25) is 5.91 Å². The molecule has 1 amide bonds. The van der Waals surface area contributed by atoms with Gasteiger partial charge in [-0.1, -0.05) is 18.2 Å². The van der Waals surface area contributed by atoms with Gasteiger partial charge in [0, 0.05) is 37.0 Å². The number of amides is 1. The number of rotatable bonds is 4. The van der Waals surface area contributed by atoms with Crippen molar-refractivity contribution in [2.45, 2.75) is 24.4 Å². The van der Waals surface area contributed by atoms with Gasteiger partial charge in [-0.15, -0.1) is 0 Å². The number of H-pyrrole nitrogens is 1. The van der Waals surface area contributed by atoms with E-state index >= 15 is 0 Å². The molecule has 2 unspecified atom stereocenters. The van der Waals surface area contributed by atoms with E-state index in [4.69, 9.17) is 0 Å². The molecule has 4 rings (SSSR count). The van der Waals surface area contributed by atoms with Gasteiger partial charge in [-0.3, -0.25) is 9.59 Å². The second-order valence-corrected chi connectivity index (χ2v) is 6.92. The first-order valence-electron chi connectivity index (χ1n) is 8.81. The minimum absolute atomic E-state index is 0.127. The van der Waals surface area contributed by atoms with Gasteiger partial charge in [-0.05, 0) is 12.5 Å². The first-order chi connectivity index (χ1) is 13.0. The Hall–Kier alpha value is -2.78. The Balaban J connectivity index is 1.46. The molecule has 0 bridgehead atoms. The molecule has 1 aromatic carbocycles. The number of hydrogen-bond donors (Lipinski definition) is 4. The first kappa shape index (κ1) is 17.6. The number of imidazole rings is 1. The van der Waals surface area contributed by atoms with Crippen LogP contribution in [0.4, 0.5) is 4.39 Å². The van der Waals surface area contributed by atoms with E-state index in [0.29, 0.717) is 17.8 Å². The summed E-state index contributed by atoms with van der Waals surface area (Å²) in [6.45, 7) is 0.411. The standard InChI is InChI=1S/C18H20FN5O3/c19-13-4-2-1-3-10(13)14-7-15(23-22-14)17(25)24-8-11(12(9-24)18(26)27)16-20-5-6-21-16/h1-6,11-12,14-15,22-23H,7-9H2,(H,20,21)(H,26,27)/t11-,12-,14?,15?/m1/s1. The lowest BCUT2D eigenvalue weighted by atomic mass is 9.96. The molecule has 2 aromatic rings. The van der Waals surface area contributed by atoms with E-state index in [1.807, 2.05) is 0 Å². The molecule has 0 radical (unpaired) electrons. The van der Waals surface area contributed by atoms with Crippen molar-refractivity contribution >= 4 is 11.9 Å². The lowest BCUT2D eigenvalue weighted by Crippen LogP contribution is -2.45. The van der Waals surface area contributed by atoms with Crippen LogP contribution in [0.15, 0.2) is 36.7 Å². The smallest absolute Gasteiger partial charge is 0.309 e. The van der Waals surface area contributed by atoms with Crippen LogP contribution >= 0.6 is 0 Å². The largest absolute Gasteiger partial charge is 0.481 e. The molecule has 8 nitrogen and oxygen atoms in total. The van der Waals surface area contributed by atoms with Crippen LogP contribution in [-0.2, 0) is 9.59 Å². The van der Waals surface area contributed by atoms with Gasteiger partial charge in [0.1, 0.15) is 17.7 Å². The fourth-order valence-corrected chi connectivity index (χ4v) is 3.89. The molecular weight excluding hydrogens is 353 g/mol. The summed E-state index contributed by atoms with van der Waals surface area (Å²) in [6.07, 6.45) is 3.60. The first-order valence-corrected chi connectivity index (χ1v) is 8.81. The van der Waals surface area contributed by atoms with Crippen molar-refractivity contribution in [1.82, 2.24) is 25.7 Å². The quantitative estimate of drug-likeness (QED) is 0.631. The minimum atomic E-state index is -0.951. The zero-order valence-corrected chi connectivity index (χ0v) is 14.4. The SMILES string of the molecule is O=C(O)[C@@H]1CN(C(=O)C2CC(c3ccccc3F)NN2)C[C@H]1c1ncc[nH]1. The van der Waals surface area contributed by atoms with E-state index in [1.54, 1.807) is 35.5 Å². The van der Waals surface area contributed by atoms with Gasteiger partial charge in [-0.2, -0.15) is 0 Å². The summed E-state index contributed by atoms with van der Waals surface area (Å²) in [5.41, 5.74) is 6.39. The zero-order chi connectivity index (χ0) is 19.0. The Labute approximate surface area is 154 Å². The van der Waals surface area contributed by atoms with Crippen molar-refractivity contribution in [1.29, 1.82) is 0 Å². The van der Waals surface area contributed by atoms with Crippen molar-refractivity contribution in [2.75, 3.05) is 13.1 Å². The number of halogens is 1. The molecule has 4 N–H and O–H groups in total. The maximum absolute atomic E-state index is 14.0. The second kappa shape index (κ2) is 7.09. The number of carbonyl (C=O) groups excluding carboxylic acids is 1. The number of carbonyl (C=O) groups is 2. The van der Waals surface area contributed by atoms with Crippen molar-refractivity contribution in [3.05, 3.63) is 53.9 Å². The molecule has 0 saturated carbocycles. The maximum Gasteiger partial charge on any atom is 0.309 e. The van der Waals surface area contributed by atoms with Crippen LogP contribution in [0.25, 0.3) is 0 Å². The number of aliphatic carboxylic acids is 1. The highest BCUT2D eigenvalue weighted by Crippen LogP contribution is 2.33. The Morgan fingerprint density at radius 1 is 1.22 bits per heavy atom. The number of hydrogen-bond acceptors (Lipinski definition) is 5. The topological polar surface area (TPSA) is 110 Å². The number of hydrazine groups is 1. The number of aromatic nitrogens is 2. The Morgan fingerprint density at radius 2 is 2.04 bits per heavy atom. The number of nitrogens with zero attached hydrogens (tertiary/aromatic N) is 2. The maximum atomic E-state index is 14.0. The average molecular weight is 373 g/mol. The summed E-state index contributed by atoms with van der Waals surface area (Å²) in [5, 5.41) is 9.52. The predicted molar refractivity (Wildman–Crippen MR) is 92.9 cm³/mol.